The van der Waals surface area contributed by atoms with Crippen LogP contribution in [0.2, 0.25) is 0 Å². The summed E-state index contributed by atoms with van der Waals surface area (Å²) < 4.78 is 10.9. The molecule has 23 heavy (non-hydrogen) atoms. The van der Waals surface area contributed by atoms with Crippen molar-refractivity contribution in [3.05, 3.63) is 40.0 Å². The summed E-state index contributed by atoms with van der Waals surface area (Å²) in [6, 6.07) is 4.14. The molecule has 2 atom stereocenters. The van der Waals surface area contributed by atoms with Gasteiger partial charge in [0.1, 0.15) is 17.5 Å². The van der Waals surface area contributed by atoms with E-state index in [-0.39, 0.29) is 11.5 Å². The fourth-order valence-corrected chi connectivity index (χ4v) is 3.57. The van der Waals surface area contributed by atoms with Crippen molar-refractivity contribution in [2.24, 2.45) is 0 Å². The van der Waals surface area contributed by atoms with Crippen molar-refractivity contribution in [1.29, 1.82) is 0 Å². The Morgan fingerprint density at radius 1 is 1.39 bits per heavy atom. The summed E-state index contributed by atoms with van der Waals surface area (Å²) in [6.45, 7) is 4.94. The van der Waals surface area contributed by atoms with E-state index < -0.39 is 23.7 Å². The molecule has 3 heterocycles. The number of hydrogen-bond donors (Lipinski definition) is 2. The number of aliphatic hydroxyl groups excluding tert-OH is 1. The molecule has 6 nitrogen and oxygen atoms in total. The average Bonchev–Trinajstić information content (AvgIpc) is 3.12. The smallest absolute Gasteiger partial charge is 0.287 e. The second-order valence-corrected chi connectivity index (χ2v) is 7.06. The molecule has 0 radical (unpaired) electrons. The van der Waals surface area contributed by atoms with Crippen LogP contribution in [0.5, 0.6) is 5.75 Å². The maximum absolute atomic E-state index is 12.3. The first-order valence-electron chi connectivity index (χ1n) is 7.15. The van der Waals surface area contributed by atoms with Crippen LogP contribution < -0.4 is 10.1 Å². The van der Waals surface area contributed by atoms with Crippen molar-refractivity contribution >= 4 is 23.0 Å². The first-order valence-corrected chi connectivity index (χ1v) is 7.97. The highest BCUT2D eigenvalue weighted by atomic mass is 32.1. The number of thiophene rings is 1. The Morgan fingerprint density at radius 3 is 2.74 bits per heavy atom. The van der Waals surface area contributed by atoms with Gasteiger partial charge in [-0.1, -0.05) is 0 Å². The van der Waals surface area contributed by atoms with Crippen LogP contribution in [0, 0.1) is 0 Å². The summed E-state index contributed by atoms with van der Waals surface area (Å²) in [5, 5.41) is 13.4. The summed E-state index contributed by atoms with van der Waals surface area (Å²) in [5.74, 6) is 0.156. The van der Waals surface area contributed by atoms with Gasteiger partial charge in [0.15, 0.2) is 11.5 Å². The fraction of sp³-hybridized carbons (Fsp3) is 0.375. The van der Waals surface area contributed by atoms with Crippen LogP contribution in [0.1, 0.15) is 51.9 Å². The number of nitrogens with one attached hydrogen (secondary N) is 1. The maximum atomic E-state index is 12.3. The van der Waals surface area contributed by atoms with Crippen LogP contribution >= 0.6 is 11.3 Å². The van der Waals surface area contributed by atoms with Gasteiger partial charge in [0.05, 0.1) is 22.1 Å². The number of fused-ring (bicyclic) bond motifs is 1. The van der Waals surface area contributed by atoms with Crippen molar-refractivity contribution in [3.63, 3.8) is 0 Å². The van der Waals surface area contributed by atoms with E-state index in [1.54, 1.807) is 32.0 Å². The molecule has 1 aliphatic rings. The van der Waals surface area contributed by atoms with Gasteiger partial charge in [-0.25, -0.2) is 0 Å². The van der Waals surface area contributed by atoms with Gasteiger partial charge in [-0.2, -0.15) is 0 Å². The van der Waals surface area contributed by atoms with Gasteiger partial charge in [0, 0.05) is 6.07 Å². The predicted octanol–water partition coefficient (Wildman–Crippen LogP) is 2.55. The lowest BCUT2D eigenvalue weighted by atomic mass is 9.90. The van der Waals surface area contributed by atoms with E-state index in [0.717, 1.165) is 0 Å². The van der Waals surface area contributed by atoms with Gasteiger partial charge in [0.2, 0.25) is 0 Å². The van der Waals surface area contributed by atoms with E-state index in [4.69, 9.17) is 9.15 Å². The van der Waals surface area contributed by atoms with E-state index >= 15 is 0 Å². The molecule has 0 aromatic carbocycles. The minimum Gasteiger partial charge on any atom is -0.484 e. The number of amides is 1. The van der Waals surface area contributed by atoms with Crippen molar-refractivity contribution in [1.82, 2.24) is 5.32 Å². The topological polar surface area (TPSA) is 88.8 Å². The van der Waals surface area contributed by atoms with Gasteiger partial charge >= 0.3 is 0 Å². The normalized spacial score (nSPS) is 22.1. The number of carbonyl (C=O) groups excluding carboxylic acids is 2. The minimum atomic E-state index is -0.965. The molecule has 2 aromatic heterocycles. The lowest BCUT2D eigenvalue weighted by Crippen LogP contribution is -2.53. The van der Waals surface area contributed by atoms with Crippen molar-refractivity contribution in [2.75, 3.05) is 0 Å². The number of rotatable bonds is 3. The van der Waals surface area contributed by atoms with Gasteiger partial charge < -0.3 is 19.6 Å². The van der Waals surface area contributed by atoms with Crippen LogP contribution in [0.4, 0.5) is 0 Å². The largest absolute Gasteiger partial charge is 0.484 e. The number of aliphatic hydroxyl groups is 1. The first kappa shape index (κ1) is 15.8. The summed E-state index contributed by atoms with van der Waals surface area (Å²) >= 11 is 1.22. The van der Waals surface area contributed by atoms with Gasteiger partial charge in [-0.3, -0.25) is 9.59 Å². The molecular formula is C16H17NO5S. The highest BCUT2D eigenvalue weighted by molar-refractivity contribution is 7.14. The Hall–Kier alpha value is -2.12. The van der Waals surface area contributed by atoms with Crippen LogP contribution in [-0.2, 0) is 0 Å². The average molecular weight is 335 g/mol. The number of Topliss-reactive ketones (excluding diaryl/α,β-unsaturated/α-hetero) is 1. The third kappa shape index (κ3) is 2.77. The predicted molar refractivity (Wildman–Crippen MR) is 84.0 cm³/mol. The molecule has 3 rings (SSSR count). The summed E-state index contributed by atoms with van der Waals surface area (Å²) in [4.78, 5) is 25.0. The SMILES string of the molecule is CC(=O)c1cc2c(s1)[C@@H](NC(=O)c1ccco1)[C@H](O)C(C)(C)O2. The van der Waals surface area contributed by atoms with Crippen LogP contribution in [0.3, 0.4) is 0 Å². The lowest BCUT2D eigenvalue weighted by molar-refractivity contribution is -0.0613. The Kier molecular flexibility index (Phi) is 3.77. The molecule has 0 aliphatic carbocycles. The number of furan rings is 1. The summed E-state index contributed by atoms with van der Waals surface area (Å²) in [7, 11) is 0. The number of hydrogen-bond acceptors (Lipinski definition) is 6. The monoisotopic (exact) mass is 335 g/mol. The quantitative estimate of drug-likeness (QED) is 0.842. The first-order chi connectivity index (χ1) is 10.8. The maximum Gasteiger partial charge on any atom is 0.287 e. The second-order valence-electron chi connectivity index (χ2n) is 5.97. The molecule has 0 bridgehead atoms. The number of ketones is 1. The van der Waals surface area contributed by atoms with Crippen LogP contribution in [0.15, 0.2) is 28.9 Å². The molecule has 0 unspecified atom stereocenters. The Balaban J connectivity index is 1.97. The van der Waals surface area contributed by atoms with E-state index in [1.807, 2.05) is 0 Å². The standard InChI is InChI=1S/C16H17NO5S/c1-8(18)11-7-10-13(23-11)12(14(19)16(2,3)22-10)17-15(20)9-5-4-6-21-9/h4-7,12,14,19H,1-3H3,(H,17,20)/t12-,14+/m1/s1. The molecule has 1 aliphatic heterocycles. The fourth-order valence-electron chi connectivity index (χ4n) is 2.51. The molecule has 0 fully saturated rings. The molecular weight excluding hydrogens is 318 g/mol. The molecule has 0 saturated heterocycles. The van der Waals surface area contributed by atoms with Crippen molar-refractivity contribution in [3.8, 4) is 5.75 Å². The van der Waals surface area contributed by atoms with E-state index in [0.29, 0.717) is 15.5 Å². The molecule has 0 saturated carbocycles. The third-order valence-corrected chi connectivity index (χ3v) is 5.09. The van der Waals surface area contributed by atoms with E-state index in [9.17, 15) is 14.7 Å². The van der Waals surface area contributed by atoms with Crippen LogP contribution in [0.25, 0.3) is 0 Å². The number of ether oxygens (including phenoxy) is 1. The minimum absolute atomic E-state index is 0.0867. The molecule has 2 N–H and O–H groups in total. The molecule has 2 aromatic rings. The van der Waals surface area contributed by atoms with Crippen molar-refractivity contribution in [2.45, 2.75) is 38.5 Å². The molecule has 1 amide bonds. The number of carbonyl (C=O) groups is 2. The van der Waals surface area contributed by atoms with E-state index in [1.165, 1.54) is 24.5 Å². The second kappa shape index (κ2) is 5.50. The van der Waals surface area contributed by atoms with Gasteiger partial charge in [0.25, 0.3) is 5.91 Å². The molecule has 0 spiro atoms. The zero-order chi connectivity index (χ0) is 16.8. The Morgan fingerprint density at radius 2 is 2.13 bits per heavy atom. The zero-order valence-corrected chi connectivity index (χ0v) is 13.8. The lowest BCUT2D eigenvalue weighted by Gasteiger charge is -2.40. The molecule has 7 heteroatoms. The summed E-state index contributed by atoms with van der Waals surface area (Å²) in [5.41, 5.74) is -0.900. The zero-order valence-electron chi connectivity index (χ0n) is 13.0. The summed E-state index contributed by atoms with van der Waals surface area (Å²) in [6.07, 6.45) is 0.441. The molecule has 122 valence electrons. The Bertz CT molecular complexity index is 747. The van der Waals surface area contributed by atoms with Crippen molar-refractivity contribution < 1.29 is 23.8 Å². The van der Waals surface area contributed by atoms with E-state index in [2.05, 4.69) is 5.32 Å². The highest BCUT2D eigenvalue weighted by Crippen LogP contribution is 2.44. The van der Waals surface area contributed by atoms with Gasteiger partial charge in [-0.05, 0) is 32.9 Å². The Labute approximate surface area is 137 Å². The van der Waals surface area contributed by atoms with Crippen LogP contribution in [-0.4, -0.2) is 28.5 Å². The third-order valence-electron chi connectivity index (χ3n) is 3.79. The van der Waals surface area contributed by atoms with Gasteiger partial charge in [-0.15, -0.1) is 11.3 Å². The highest BCUT2D eigenvalue weighted by Gasteiger charge is 2.45.